The molecule has 0 atom stereocenters. The summed E-state index contributed by atoms with van der Waals surface area (Å²) in [6.07, 6.45) is 3.51. The predicted octanol–water partition coefficient (Wildman–Crippen LogP) is 6.11. The van der Waals surface area contributed by atoms with Crippen molar-refractivity contribution < 1.29 is 4.74 Å². The molecule has 0 aliphatic heterocycles. The lowest BCUT2D eigenvalue weighted by atomic mass is 10.1. The Kier molecular flexibility index (Phi) is 4.99. The fraction of sp³-hybridized carbons (Fsp3) is 0.0385. The molecule has 2 heterocycles. The van der Waals surface area contributed by atoms with E-state index in [2.05, 4.69) is 34.6 Å². The summed E-state index contributed by atoms with van der Waals surface area (Å²) in [6.45, 7) is 0. The highest BCUT2D eigenvalue weighted by Crippen LogP contribution is 2.31. The summed E-state index contributed by atoms with van der Waals surface area (Å²) >= 11 is 0. The van der Waals surface area contributed by atoms with Crippen LogP contribution in [-0.2, 0) is 0 Å². The minimum atomic E-state index is 0.618. The predicted molar refractivity (Wildman–Crippen MR) is 124 cm³/mol. The second-order valence-corrected chi connectivity index (χ2v) is 7.09. The summed E-state index contributed by atoms with van der Waals surface area (Å²) in [7, 11) is 1.66. The Labute approximate surface area is 180 Å². The molecule has 0 saturated heterocycles. The van der Waals surface area contributed by atoms with E-state index in [4.69, 9.17) is 14.7 Å². The Morgan fingerprint density at radius 1 is 0.742 bits per heavy atom. The minimum Gasteiger partial charge on any atom is -0.497 e. The van der Waals surface area contributed by atoms with E-state index >= 15 is 0 Å². The van der Waals surface area contributed by atoms with Crippen LogP contribution in [0.2, 0.25) is 0 Å². The van der Waals surface area contributed by atoms with E-state index in [1.807, 2.05) is 60.7 Å². The molecule has 5 heteroatoms. The van der Waals surface area contributed by atoms with Crippen molar-refractivity contribution in [3.8, 4) is 28.3 Å². The normalized spacial score (nSPS) is 10.7. The monoisotopic (exact) mass is 404 g/mol. The maximum Gasteiger partial charge on any atom is 0.163 e. The lowest BCUT2D eigenvalue weighted by Gasteiger charge is -2.13. The van der Waals surface area contributed by atoms with Gasteiger partial charge in [-0.05, 0) is 53.6 Å². The number of fused-ring (bicyclic) bond motifs is 1. The fourth-order valence-electron chi connectivity index (χ4n) is 3.50. The summed E-state index contributed by atoms with van der Waals surface area (Å²) in [4.78, 5) is 13.8. The van der Waals surface area contributed by atoms with Gasteiger partial charge in [-0.3, -0.25) is 4.98 Å². The lowest BCUT2D eigenvalue weighted by Crippen LogP contribution is -2.00. The molecule has 3 aromatic carbocycles. The van der Waals surface area contributed by atoms with E-state index in [0.717, 1.165) is 39.0 Å². The highest BCUT2D eigenvalue weighted by Gasteiger charge is 2.12. The van der Waals surface area contributed by atoms with Gasteiger partial charge in [-0.2, -0.15) is 0 Å². The van der Waals surface area contributed by atoms with Crippen molar-refractivity contribution in [1.29, 1.82) is 0 Å². The topological polar surface area (TPSA) is 59.9 Å². The molecule has 5 nitrogen and oxygen atoms in total. The first-order valence-corrected chi connectivity index (χ1v) is 9.99. The molecule has 0 amide bonds. The summed E-state index contributed by atoms with van der Waals surface area (Å²) in [5.41, 5.74) is 4.93. The Hall–Kier alpha value is -4.25. The maximum absolute atomic E-state index is 5.43. The van der Waals surface area contributed by atoms with Gasteiger partial charge in [0.15, 0.2) is 5.82 Å². The molecule has 1 N–H and O–H groups in total. The zero-order valence-electron chi connectivity index (χ0n) is 17.0. The molecule has 2 aromatic heterocycles. The Balaban J connectivity index is 1.61. The number of nitrogens with one attached hydrogen (secondary N) is 1. The summed E-state index contributed by atoms with van der Waals surface area (Å²) in [5.74, 6) is 2.09. The second-order valence-electron chi connectivity index (χ2n) is 7.09. The van der Waals surface area contributed by atoms with Crippen molar-refractivity contribution in [3.05, 3.63) is 97.3 Å². The van der Waals surface area contributed by atoms with Crippen LogP contribution < -0.4 is 10.1 Å². The molecule has 0 saturated carbocycles. The number of rotatable bonds is 5. The molecule has 150 valence electrons. The zero-order valence-corrected chi connectivity index (χ0v) is 17.0. The highest BCUT2D eigenvalue weighted by atomic mass is 16.5. The van der Waals surface area contributed by atoms with Crippen molar-refractivity contribution in [2.45, 2.75) is 0 Å². The van der Waals surface area contributed by atoms with E-state index in [0.29, 0.717) is 11.6 Å². The minimum absolute atomic E-state index is 0.618. The van der Waals surface area contributed by atoms with Crippen LogP contribution in [0.1, 0.15) is 0 Å². The number of hydrogen-bond acceptors (Lipinski definition) is 5. The van der Waals surface area contributed by atoms with Crippen LogP contribution >= 0.6 is 0 Å². The average Bonchev–Trinajstić information content (AvgIpc) is 2.85. The first kappa shape index (κ1) is 18.8. The lowest BCUT2D eigenvalue weighted by molar-refractivity contribution is 0.415. The fourth-order valence-corrected chi connectivity index (χ4v) is 3.50. The smallest absolute Gasteiger partial charge is 0.163 e. The third-order valence-electron chi connectivity index (χ3n) is 5.06. The summed E-state index contributed by atoms with van der Waals surface area (Å²) < 4.78 is 5.43. The summed E-state index contributed by atoms with van der Waals surface area (Å²) in [5, 5.41) is 4.38. The van der Waals surface area contributed by atoms with Gasteiger partial charge < -0.3 is 10.1 Å². The average molecular weight is 404 g/mol. The second kappa shape index (κ2) is 8.24. The highest BCUT2D eigenvalue weighted by molar-refractivity contribution is 5.93. The Morgan fingerprint density at radius 2 is 1.58 bits per heavy atom. The molecular formula is C26H20N4O. The molecule has 0 radical (unpaired) electrons. The third kappa shape index (κ3) is 3.94. The van der Waals surface area contributed by atoms with Gasteiger partial charge in [0.2, 0.25) is 0 Å². The van der Waals surface area contributed by atoms with Crippen LogP contribution in [0.3, 0.4) is 0 Å². The molecule has 31 heavy (non-hydrogen) atoms. The first-order chi connectivity index (χ1) is 15.3. The third-order valence-corrected chi connectivity index (χ3v) is 5.06. The molecule has 0 aliphatic rings. The van der Waals surface area contributed by atoms with Crippen molar-refractivity contribution in [1.82, 2.24) is 15.0 Å². The van der Waals surface area contributed by atoms with Crippen LogP contribution in [0.15, 0.2) is 97.3 Å². The van der Waals surface area contributed by atoms with Crippen LogP contribution in [0.5, 0.6) is 5.75 Å². The SMILES string of the molecule is COc1ccc2nc(-c3cccnc3)nc(Nc3cccc(-c4ccccc4)c3)c2c1. The van der Waals surface area contributed by atoms with Gasteiger partial charge in [-0.15, -0.1) is 0 Å². The van der Waals surface area contributed by atoms with Gasteiger partial charge in [-0.1, -0.05) is 42.5 Å². The Morgan fingerprint density at radius 3 is 2.39 bits per heavy atom. The quantitative estimate of drug-likeness (QED) is 0.383. The van der Waals surface area contributed by atoms with E-state index in [1.54, 1.807) is 19.5 Å². The molecule has 5 aromatic rings. The van der Waals surface area contributed by atoms with Crippen LogP contribution in [-0.4, -0.2) is 22.1 Å². The van der Waals surface area contributed by atoms with E-state index < -0.39 is 0 Å². The van der Waals surface area contributed by atoms with Crippen LogP contribution in [0, 0.1) is 0 Å². The van der Waals surface area contributed by atoms with Crippen molar-refractivity contribution in [3.63, 3.8) is 0 Å². The van der Waals surface area contributed by atoms with Crippen molar-refractivity contribution >= 4 is 22.4 Å². The standard InChI is InChI=1S/C26H20N4O/c1-31-22-12-13-24-23(16-22)26(30-25(29-24)20-10-6-14-27-17-20)28-21-11-5-9-19(15-21)18-7-3-2-4-8-18/h2-17H,1H3,(H,28,29,30). The molecule has 0 unspecified atom stereocenters. The molecular weight excluding hydrogens is 384 g/mol. The summed E-state index contributed by atoms with van der Waals surface area (Å²) in [6, 6.07) is 28.2. The maximum atomic E-state index is 5.43. The van der Waals surface area contributed by atoms with Crippen molar-refractivity contribution in [2.24, 2.45) is 0 Å². The molecule has 0 aliphatic carbocycles. The number of ether oxygens (including phenoxy) is 1. The number of hydrogen-bond donors (Lipinski definition) is 1. The van der Waals surface area contributed by atoms with Crippen molar-refractivity contribution in [2.75, 3.05) is 12.4 Å². The number of methoxy groups -OCH3 is 1. The number of nitrogens with zero attached hydrogens (tertiary/aromatic N) is 3. The molecule has 0 bridgehead atoms. The molecule has 5 rings (SSSR count). The largest absolute Gasteiger partial charge is 0.497 e. The van der Waals surface area contributed by atoms with E-state index in [-0.39, 0.29) is 0 Å². The van der Waals surface area contributed by atoms with Gasteiger partial charge in [-0.25, -0.2) is 9.97 Å². The van der Waals surface area contributed by atoms with Gasteiger partial charge in [0, 0.05) is 29.0 Å². The Bertz CT molecular complexity index is 1340. The van der Waals surface area contributed by atoms with Crippen LogP contribution in [0.25, 0.3) is 33.4 Å². The number of benzene rings is 3. The molecule has 0 fully saturated rings. The first-order valence-electron chi connectivity index (χ1n) is 9.99. The van der Waals surface area contributed by atoms with Gasteiger partial charge in [0.25, 0.3) is 0 Å². The number of aromatic nitrogens is 3. The number of anilines is 2. The van der Waals surface area contributed by atoms with Crippen LogP contribution in [0.4, 0.5) is 11.5 Å². The van der Waals surface area contributed by atoms with E-state index in [9.17, 15) is 0 Å². The zero-order chi connectivity index (χ0) is 21.0. The molecule has 0 spiro atoms. The van der Waals surface area contributed by atoms with Gasteiger partial charge in [0.05, 0.1) is 12.6 Å². The number of pyridine rings is 1. The van der Waals surface area contributed by atoms with Gasteiger partial charge >= 0.3 is 0 Å². The van der Waals surface area contributed by atoms with E-state index in [1.165, 1.54) is 0 Å². The van der Waals surface area contributed by atoms with Gasteiger partial charge in [0.1, 0.15) is 11.6 Å².